The molecule has 3 rings (SSSR count). The minimum Gasteiger partial charge on any atom is -0.481 e. The maximum Gasteiger partial charge on any atom is 0.408 e. The van der Waals surface area contributed by atoms with Gasteiger partial charge in [0.15, 0.2) is 0 Å². The Hall–Kier alpha value is -4.08. The average Bonchev–Trinajstić information content (AvgIpc) is 3.17. The average molecular weight is 554 g/mol. The van der Waals surface area contributed by atoms with Crippen LogP contribution in [0.5, 0.6) is 0 Å². The molecular formula is C30H39N3O7. The summed E-state index contributed by atoms with van der Waals surface area (Å²) in [6, 6.07) is 14.3. The second-order valence-corrected chi connectivity index (χ2v) is 11.3. The number of benzene rings is 2. The summed E-state index contributed by atoms with van der Waals surface area (Å²) in [5.74, 6) is -1.86. The molecule has 2 aromatic rings. The summed E-state index contributed by atoms with van der Waals surface area (Å²) in [4.78, 5) is 49.1. The quantitative estimate of drug-likeness (QED) is 0.322. The molecule has 0 radical (unpaired) electrons. The van der Waals surface area contributed by atoms with Crippen molar-refractivity contribution in [2.75, 3.05) is 13.2 Å². The van der Waals surface area contributed by atoms with Crippen LogP contribution in [0.2, 0.25) is 0 Å². The van der Waals surface area contributed by atoms with Crippen LogP contribution in [0.1, 0.15) is 64.5 Å². The van der Waals surface area contributed by atoms with Crippen molar-refractivity contribution in [3.63, 3.8) is 0 Å². The van der Waals surface area contributed by atoms with E-state index in [1.165, 1.54) is 0 Å². The number of alkyl carbamates (subject to hydrolysis) is 2. The van der Waals surface area contributed by atoms with Crippen LogP contribution >= 0.6 is 0 Å². The van der Waals surface area contributed by atoms with E-state index in [1.54, 1.807) is 20.8 Å². The van der Waals surface area contributed by atoms with Gasteiger partial charge in [0.1, 0.15) is 18.2 Å². The monoisotopic (exact) mass is 553 g/mol. The minimum absolute atomic E-state index is 0.0212. The molecule has 0 fully saturated rings. The van der Waals surface area contributed by atoms with Crippen molar-refractivity contribution < 1.29 is 33.8 Å². The smallest absolute Gasteiger partial charge is 0.408 e. The van der Waals surface area contributed by atoms with Crippen LogP contribution in [0.3, 0.4) is 0 Å². The van der Waals surface area contributed by atoms with E-state index in [2.05, 4.69) is 28.1 Å². The Balaban J connectivity index is 1.59. The van der Waals surface area contributed by atoms with E-state index in [0.29, 0.717) is 6.42 Å². The fourth-order valence-electron chi connectivity index (χ4n) is 4.75. The molecule has 0 aromatic heterocycles. The van der Waals surface area contributed by atoms with E-state index in [-0.39, 0.29) is 25.0 Å². The zero-order valence-corrected chi connectivity index (χ0v) is 23.7. The number of fused-ring (bicyclic) bond motifs is 3. The van der Waals surface area contributed by atoms with Gasteiger partial charge >= 0.3 is 18.2 Å². The van der Waals surface area contributed by atoms with Crippen LogP contribution in [-0.4, -0.2) is 60.0 Å². The molecule has 0 bridgehead atoms. The zero-order valence-electron chi connectivity index (χ0n) is 23.7. The zero-order chi connectivity index (χ0) is 29.4. The summed E-state index contributed by atoms with van der Waals surface area (Å²) < 4.78 is 10.8. The van der Waals surface area contributed by atoms with Crippen LogP contribution in [-0.2, 0) is 19.1 Å². The van der Waals surface area contributed by atoms with Gasteiger partial charge < -0.3 is 30.5 Å². The number of carbonyl (C=O) groups is 4. The lowest BCUT2D eigenvalue weighted by molar-refractivity contribution is -0.139. The second kappa shape index (κ2) is 13.3. The fourth-order valence-corrected chi connectivity index (χ4v) is 4.75. The van der Waals surface area contributed by atoms with Crippen LogP contribution < -0.4 is 16.0 Å². The highest BCUT2D eigenvalue weighted by molar-refractivity contribution is 5.89. The minimum atomic E-state index is -1.35. The van der Waals surface area contributed by atoms with Gasteiger partial charge in [-0.1, -0.05) is 62.4 Å². The van der Waals surface area contributed by atoms with Crippen LogP contribution in [0, 0.1) is 5.92 Å². The first kappa shape index (κ1) is 30.5. The van der Waals surface area contributed by atoms with E-state index in [9.17, 15) is 24.3 Å². The number of ether oxygens (including phenoxy) is 2. The lowest BCUT2D eigenvalue weighted by Gasteiger charge is -2.24. The first-order chi connectivity index (χ1) is 18.8. The molecule has 0 unspecified atom stereocenters. The summed E-state index contributed by atoms with van der Waals surface area (Å²) in [6.45, 7) is 9.10. The molecule has 216 valence electrons. The second-order valence-electron chi connectivity index (χ2n) is 11.3. The number of nitrogens with one attached hydrogen (secondary N) is 3. The predicted octanol–water partition coefficient (Wildman–Crippen LogP) is 4.42. The highest BCUT2D eigenvalue weighted by Crippen LogP contribution is 2.44. The van der Waals surface area contributed by atoms with Crippen LogP contribution in [0.4, 0.5) is 9.59 Å². The van der Waals surface area contributed by atoms with Crippen molar-refractivity contribution in [1.29, 1.82) is 0 Å². The number of aliphatic carboxylic acids is 1. The molecule has 1 aliphatic rings. The Morgan fingerprint density at radius 2 is 1.48 bits per heavy atom. The van der Waals surface area contributed by atoms with Crippen LogP contribution in [0.15, 0.2) is 48.5 Å². The van der Waals surface area contributed by atoms with Crippen molar-refractivity contribution in [2.45, 2.75) is 71.1 Å². The molecule has 10 nitrogen and oxygen atoms in total. The van der Waals surface area contributed by atoms with Gasteiger partial charge in [-0.05, 0) is 55.4 Å². The van der Waals surface area contributed by atoms with Gasteiger partial charge in [0.2, 0.25) is 5.91 Å². The largest absolute Gasteiger partial charge is 0.481 e. The Bertz CT molecular complexity index is 1180. The number of carboxylic acids is 1. The van der Waals surface area contributed by atoms with E-state index >= 15 is 0 Å². The highest BCUT2D eigenvalue weighted by atomic mass is 16.6. The van der Waals surface area contributed by atoms with Crippen molar-refractivity contribution >= 4 is 24.1 Å². The Kier molecular flexibility index (Phi) is 10.1. The van der Waals surface area contributed by atoms with Crippen molar-refractivity contribution in [1.82, 2.24) is 16.0 Å². The maximum absolute atomic E-state index is 12.8. The van der Waals surface area contributed by atoms with Gasteiger partial charge in [-0.15, -0.1) is 0 Å². The van der Waals surface area contributed by atoms with E-state index in [1.807, 2.05) is 50.2 Å². The first-order valence-electron chi connectivity index (χ1n) is 13.4. The SMILES string of the molecule is CC(C)C[C@@H](CNC(=O)[C@H](CC(=O)O)NC(=O)OC(C)(C)C)NC(=O)OCC1c2ccccc2-c2ccccc21. The topological polar surface area (TPSA) is 143 Å². The molecule has 40 heavy (non-hydrogen) atoms. The summed E-state index contributed by atoms with van der Waals surface area (Å²) in [5.41, 5.74) is 3.64. The Morgan fingerprint density at radius 1 is 0.900 bits per heavy atom. The maximum atomic E-state index is 12.8. The Labute approximate surface area is 234 Å². The molecule has 2 aromatic carbocycles. The molecule has 10 heteroatoms. The normalized spacial score (nSPS) is 13.9. The molecule has 0 saturated heterocycles. The lowest BCUT2D eigenvalue weighted by atomic mass is 9.98. The van der Waals surface area contributed by atoms with E-state index in [0.717, 1.165) is 22.3 Å². The highest BCUT2D eigenvalue weighted by Gasteiger charge is 2.30. The number of carboxylic acid groups (broad SMARTS) is 1. The van der Waals surface area contributed by atoms with Crippen molar-refractivity contribution in [3.8, 4) is 11.1 Å². The van der Waals surface area contributed by atoms with Crippen LogP contribution in [0.25, 0.3) is 11.1 Å². The van der Waals surface area contributed by atoms with Gasteiger partial charge in [-0.3, -0.25) is 9.59 Å². The Morgan fingerprint density at radius 3 is 2.00 bits per heavy atom. The molecule has 3 amide bonds. The lowest BCUT2D eigenvalue weighted by Crippen LogP contribution is -2.52. The third-order valence-electron chi connectivity index (χ3n) is 6.33. The summed E-state index contributed by atoms with van der Waals surface area (Å²) in [7, 11) is 0. The number of carbonyl (C=O) groups excluding carboxylic acids is 3. The molecule has 2 atom stereocenters. The van der Waals surface area contributed by atoms with E-state index < -0.39 is 48.2 Å². The molecule has 4 N–H and O–H groups in total. The molecule has 0 heterocycles. The van der Waals surface area contributed by atoms with Gasteiger partial charge in [0.25, 0.3) is 0 Å². The van der Waals surface area contributed by atoms with Gasteiger partial charge in [0, 0.05) is 18.5 Å². The molecule has 0 aliphatic heterocycles. The third kappa shape index (κ3) is 8.72. The third-order valence-corrected chi connectivity index (χ3v) is 6.33. The number of hydrogen-bond donors (Lipinski definition) is 4. The summed E-state index contributed by atoms with van der Waals surface area (Å²) in [6.07, 6.45) is -1.60. The van der Waals surface area contributed by atoms with Gasteiger partial charge in [0.05, 0.1) is 6.42 Å². The standard InChI is InChI=1S/C30H39N3O7/c1-18(2)14-19(16-31-27(36)25(15-26(34)35)33-29(38)40-30(3,4)5)32-28(37)39-17-24-22-12-8-6-10-20(22)21-11-7-9-13-23(21)24/h6-13,18-19,24-25H,14-17H2,1-5H3,(H,31,36)(H,32,37)(H,33,38)(H,34,35)/t19-,25-/m0/s1. The van der Waals surface area contributed by atoms with Gasteiger partial charge in [-0.2, -0.15) is 0 Å². The van der Waals surface area contributed by atoms with E-state index in [4.69, 9.17) is 9.47 Å². The molecule has 0 saturated carbocycles. The molecule has 1 aliphatic carbocycles. The number of amides is 3. The predicted molar refractivity (Wildman–Crippen MR) is 150 cm³/mol. The number of hydrogen-bond acceptors (Lipinski definition) is 6. The van der Waals surface area contributed by atoms with Crippen molar-refractivity contribution in [2.24, 2.45) is 5.92 Å². The summed E-state index contributed by atoms with van der Waals surface area (Å²) in [5, 5.41) is 17.0. The molecule has 0 spiro atoms. The number of rotatable bonds is 11. The van der Waals surface area contributed by atoms with Crippen molar-refractivity contribution in [3.05, 3.63) is 59.7 Å². The molecular weight excluding hydrogens is 514 g/mol. The fraction of sp³-hybridized carbons (Fsp3) is 0.467. The summed E-state index contributed by atoms with van der Waals surface area (Å²) >= 11 is 0. The first-order valence-corrected chi connectivity index (χ1v) is 13.4. The van der Waals surface area contributed by atoms with Gasteiger partial charge in [-0.25, -0.2) is 9.59 Å².